The first-order valence-electron chi connectivity index (χ1n) is 13.3. The molecule has 0 saturated heterocycles. The lowest BCUT2D eigenvalue weighted by Crippen LogP contribution is -2.24. The van der Waals surface area contributed by atoms with Crippen LogP contribution in [0.3, 0.4) is 0 Å². The molecule has 0 aromatic heterocycles. The van der Waals surface area contributed by atoms with Crippen LogP contribution >= 0.6 is 0 Å². The number of carbonyl (C=O) groups is 5. The molecule has 2 aliphatic carbocycles. The molecule has 216 valence electrons. The van der Waals surface area contributed by atoms with Gasteiger partial charge in [0.05, 0.1) is 50.9 Å². The van der Waals surface area contributed by atoms with E-state index in [1.54, 1.807) is 33.8 Å². The van der Waals surface area contributed by atoms with Crippen LogP contribution in [0.5, 0.6) is 0 Å². The lowest BCUT2D eigenvalue weighted by atomic mass is 9.84. The Kier molecular flexibility index (Phi) is 19.2. The van der Waals surface area contributed by atoms with Gasteiger partial charge in [-0.1, -0.05) is 5.57 Å². The number of hydrogen-bond acceptors (Lipinski definition) is 10. The van der Waals surface area contributed by atoms with Gasteiger partial charge in [-0.05, 0) is 66.2 Å². The molecular formula is C28H40N2O9. The monoisotopic (exact) mass is 548 g/mol. The minimum atomic E-state index is -0.586. The predicted octanol–water partition coefficient (Wildman–Crippen LogP) is 4.25. The zero-order valence-corrected chi connectivity index (χ0v) is 23.4. The van der Waals surface area contributed by atoms with Crippen LogP contribution in [0.1, 0.15) is 85.5 Å². The first kappa shape index (κ1) is 35.3. The van der Waals surface area contributed by atoms with E-state index in [1.165, 1.54) is 0 Å². The molecule has 2 rings (SSSR count). The van der Waals surface area contributed by atoms with Gasteiger partial charge in [0, 0.05) is 12.8 Å². The molecule has 2 saturated carbocycles. The maximum atomic E-state index is 11.7. The number of allylic oxidation sites excluding steroid dienone is 1. The molecule has 2 unspecified atom stereocenters. The first-order valence-corrected chi connectivity index (χ1v) is 13.3. The minimum Gasteiger partial charge on any atom is -0.471 e. The summed E-state index contributed by atoms with van der Waals surface area (Å²) in [6, 6.07) is 1.68. The Morgan fingerprint density at radius 1 is 0.846 bits per heavy atom. The zero-order chi connectivity index (χ0) is 29.6. The molecule has 0 radical (unpaired) electrons. The summed E-state index contributed by atoms with van der Waals surface area (Å²) >= 11 is 0. The number of carbonyl (C=O) groups excluding carboxylic acids is 5. The summed E-state index contributed by atoms with van der Waals surface area (Å²) in [6.07, 6.45) is 5.16. The van der Waals surface area contributed by atoms with Crippen molar-refractivity contribution >= 4 is 29.7 Å². The smallest absolute Gasteiger partial charge is 0.336 e. The van der Waals surface area contributed by atoms with Gasteiger partial charge in [0.25, 0.3) is 5.70 Å². The SMILES string of the molecule is CCOC(=O)C1CCCC(=O)C1.CCOC(=O)CC#N.[C-]#[N+]/C(C(=O)OCC)=C1\CCCC(C(=O)OCC)C1. The van der Waals surface area contributed by atoms with E-state index < -0.39 is 11.9 Å². The van der Waals surface area contributed by atoms with Crippen LogP contribution in [0.15, 0.2) is 11.3 Å². The number of rotatable bonds is 8. The van der Waals surface area contributed by atoms with Crippen molar-refractivity contribution in [2.24, 2.45) is 11.8 Å². The lowest BCUT2D eigenvalue weighted by Gasteiger charge is -2.23. The summed E-state index contributed by atoms with van der Waals surface area (Å²) in [5.74, 6) is -1.69. The highest BCUT2D eigenvalue weighted by atomic mass is 16.5. The van der Waals surface area contributed by atoms with E-state index in [-0.39, 0.29) is 48.3 Å². The van der Waals surface area contributed by atoms with Gasteiger partial charge >= 0.3 is 23.9 Å². The largest absolute Gasteiger partial charge is 0.471 e. The molecule has 0 heterocycles. The maximum Gasteiger partial charge on any atom is 0.336 e. The number of hydrogen-bond donors (Lipinski definition) is 0. The summed E-state index contributed by atoms with van der Waals surface area (Å²) in [5, 5.41) is 7.91. The van der Waals surface area contributed by atoms with Crippen molar-refractivity contribution in [3.63, 3.8) is 0 Å². The molecule has 0 bridgehead atoms. The van der Waals surface area contributed by atoms with Crippen molar-refractivity contribution in [2.45, 2.75) is 85.5 Å². The van der Waals surface area contributed by atoms with Crippen molar-refractivity contribution in [1.29, 1.82) is 5.26 Å². The van der Waals surface area contributed by atoms with E-state index >= 15 is 0 Å². The fourth-order valence-electron chi connectivity index (χ4n) is 3.97. The Hall–Kier alpha value is -3.73. The van der Waals surface area contributed by atoms with E-state index in [9.17, 15) is 24.0 Å². The molecule has 2 fully saturated rings. The molecule has 0 spiro atoms. The van der Waals surface area contributed by atoms with E-state index in [0.29, 0.717) is 45.5 Å². The van der Waals surface area contributed by atoms with Crippen molar-refractivity contribution < 1.29 is 42.9 Å². The van der Waals surface area contributed by atoms with Gasteiger partial charge in [0.15, 0.2) is 0 Å². The van der Waals surface area contributed by atoms with Crippen molar-refractivity contribution in [1.82, 2.24) is 0 Å². The number of nitrogens with zero attached hydrogens (tertiary/aromatic N) is 2. The number of Topliss-reactive ketones (excluding diaryl/α,β-unsaturated/α-hetero) is 1. The lowest BCUT2D eigenvalue weighted by molar-refractivity contribution is -0.151. The fraction of sp³-hybridized carbons (Fsp3) is 0.679. The normalized spacial score (nSPS) is 19.2. The summed E-state index contributed by atoms with van der Waals surface area (Å²) in [5.41, 5.74) is 0.758. The van der Waals surface area contributed by atoms with Crippen LogP contribution in [0.2, 0.25) is 0 Å². The quantitative estimate of drug-likeness (QED) is 0.186. The molecule has 2 atom stereocenters. The summed E-state index contributed by atoms with van der Waals surface area (Å²) in [4.78, 5) is 59.0. The van der Waals surface area contributed by atoms with Gasteiger partial charge in [0.1, 0.15) is 12.2 Å². The number of esters is 4. The van der Waals surface area contributed by atoms with Crippen LogP contribution in [-0.2, 0) is 42.9 Å². The predicted molar refractivity (Wildman–Crippen MR) is 139 cm³/mol. The van der Waals surface area contributed by atoms with Crippen LogP contribution in [0.25, 0.3) is 4.85 Å². The molecule has 0 amide bonds. The van der Waals surface area contributed by atoms with E-state index in [1.807, 2.05) is 0 Å². The molecular weight excluding hydrogens is 508 g/mol. The average molecular weight is 549 g/mol. The Morgan fingerprint density at radius 3 is 1.82 bits per heavy atom. The van der Waals surface area contributed by atoms with Crippen molar-refractivity contribution in [3.8, 4) is 6.07 Å². The number of ketones is 1. The van der Waals surface area contributed by atoms with Gasteiger partial charge in [-0.2, -0.15) is 5.26 Å². The molecule has 11 nitrogen and oxygen atoms in total. The molecule has 39 heavy (non-hydrogen) atoms. The third kappa shape index (κ3) is 14.7. The minimum absolute atomic E-state index is 0.0378. The first-order chi connectivity index (χ1) is 18.7. The molecule has 2 aliphatic rings. The van der Waals surface area contributed by atoms with Crippen LogP contribution in [-0.4, -0.2) is 56.1 Å². The summed E-state index contributed by atoms with van der Waals surface area (Å²) < 4.78 is 19.1. The van der Waals surface area contributed by atoms with Gasteiger partial charge in [0.2, 0.25) is 0 Å². The Labute approximate surface area is 230 Å². The summed E-state index contributed by atoms with van der Waals surface area (Å²) in [7, 11) is 0. The summed E-state index contributed by atoms with van der Waals surface area (Å²) in [6.45, 7) is 15.4. The van der Waals surface area contributed by atoms with Gasteiger partial charge in [-0.25, -0.2) is 4.85 Å². The average Bonchev–Trinajstić information content (AvgIpc) is 2.91. The van der Waals surface area contributed by atoms with Crippen LogP contribution in [0, 0.1) is 29.7 Å². The van der Waals surface area contributed by atoms with Crippen LogP contribution < -0.4 is 0 Å². The highest BCUT2D eigenvalue weighted by Gasteiger charge is 2.29. The second-order valence-corrected chi connectivity index (χ2v) is 8.55. The maximum absolute atomic E-state index is 11.7. The van der Waals surface area contributed by atoms with E-state index in [4.69, 9.17) is 26.0 Å². The molecule has 0 N–H and O–H groups in total. The van der Waals surface area contributed by atoms with Crippen molar-refractivity contribution in [2.75, 3.05) is 26.4 Å². The standard InChI is InChI=1S/C14H19NO4.C9H14O3.C5H7NO2/c1-4-18-13(16)11-8-6-7-10(9-11)12(15-3)14(17)19-5-2;1-2-12-9(11)7-4-3-5-8(10)6-7;1-2-8-5(7)3-4-6/h11H,4-9H2,1-2H3;7H,2-6H2,1H3;2-3H2,1H3/b12-10+;;. The van der Waals surface area contributed by atoms with Gasteiger partial charge in [-0.15, -0.1) is 0 Å². The molecule has 0 aliphatic heterocycles. The van der Waals surface area contributed by atoms with Gasteiger partial charge in [-0.3, -0.25) is 24.0 Å². The zero-order valence-electron chi connectivity index (χ0n) is 23.4. The van der Waals surface area contributed by atoms with Crippen LogP contribution in [0.4, 0.5) is 0 Å². The van der Waals surface area contributed by atoms with Gasteiger partial charge < -0.3 is 18.9 Å². The third-order valence-corrected chi connectivity index (χ3v) is 5.69. The van der Waals surface area contributed by atoms with Crippen molar-refractivity contribution in [3.05, 3.63) is 22.7 Å². The fourth-order valence-corrected chi connectivity index (χ4v) is 3.97. The molecule has 0 aromatic carbocycles. The van der Waals surface area contributed by atoms with E-state index in [0.717, 1.165) is 31.3 Å². The molecule has 0 aromatic rings. The number of nitriles is 1. The highest BCUT2D eigenvalue weighted by Crippen LogP contribution is 2.32. The Morgan fingerprint density at radius 2 is 1.36 bits per heavy atom. The Balaban J connectivity index is 0.000000616. The third-order valence-electron chi connectivity index (χ3n) is 5.69. The topological polar surface area (TPSA) is 150 Å². The second kappa shape index (κ2) is 21.2. The molecule has 11 heteroatoms. The Bertz CT molecular complexity index is 944. The second-order valence-electron chi connectivity index (χ2n) is 8.55. The highest BCUT2D eigenvalue weighted by molar-refractivity contribution is 5.91. The number of ether oxygens (including phenoxy) is 4. The van der Waals surface area contributed by atoms with E-state index in [2.05, 4.69) is 9.58 Å².